The largest absolute Gasteiger partial charge is 0.0654 e. The summed E-state index contributed by atoms with van der Waals surface area (Å²) < 4.78 is 0. The second-order valence-corrected chi connectivity index (χ2v) is 13.9. The predicted octanol–water partition coefficient (Wildman–Crippen LogP) is 9.49. The van der Waals surface area contributed by atoms with E-state index in [4.69, 9.17) is 0 Å². The Hall–Kier alpha value is 1.16. The summed E-state index contributed by atoms with van der Waals surface area (Å²) >= 11 is 2.61. The van der Waals surface area contributed by atoms with Crippen LogP contribution < -0.4 is 0 Å². The maximum absolute atomic E-state index is 2.61. The zero-order valence-corrected chi connectivity index (χ0v) is 19.3. The molecule has 140 valence electrons. The highest BCUT2D eigenvalue weighted by Gasteiger charge is 1.96. The molecule has 0 aliphatic carbocycles. The molecule has 23 heavy (non-hydrogen) atoms. The molecule has 1 atom stereocenters. The highest BCUT2D eigenvalue weighted by atomic mass is 127. The van der Waals surface area contributed by atoms with Crippen molar-refractivity contribution in [2.45, 2.75) is 122 Å². The molecule has 0 aromatic carbocycles. The Kier molecular flexibility index (Phi) is 22.3. The SMILES string of the molecule is CCCCCCCCCCCCCCCCCCCCP(C)I. The molecule has 0 bridgehead atoms. The van der Waals surface area contributed by atoms with E-state index in [-0.39, 0.29) is 0 Å². The minimum atomic E-state index is 0.325. The fraction of sp³-hybridized carbons (Fsp3) is 1.00. The van der Waals surface area contributed by atoms with Gasteiger partial charge in [-0.2, -0.15) is 0 Å². The Morgan fingerprint density at radius 1 is 0.478 bits per heavy atom. The van der Waals surface area contributed by atoms with Crippen LogP contribution in [0.25, 0.3) is 0 Å². The van der Waals surface area contributed by atoms with Crippen molar-refractivity contribution < 1.29 is 0 Å². The van der Waals surface area contributed by atoms with Gasteiger partial charge in [0.05, 0.1) is 0 Å². The molecule has 0 aromatic heterocycles. The molecule has 0 fully saturated rings. The molecule has 0 nitrogen and oxygen atoms in total. The van der Waals surface area contributed by atoms with Crippen molar-refractivity contribution in [1.29, 1.82) is 0 Å². The van der Waals surface area contributed by atoms with Gasteiger partial charge in [-0.15, -0.1) is 0 Å². The standard InChI is InChI=1S/C21H44IP/c1-3-4-5-6-7-8-9-10-11-12-13-14-15-16-17-18-19-20-21-23(2)22/h3-21H2,1-2H3. The van der Waals surface area contributed by atoms with Crippen LogP contribution in [-0.2, 0) is 0 Å². The van der Waals surface area contributed by atoms with Crippen LogP contribution in [0.3, 0.4) is 0 Å². The number of rotatable bonds is 19. The van der Waals surface area contributed by atoms with E-state index in [0.29, 0.717) is 5.56 Å². The third kappa shape index (κ3) is 23.2. The predicted molar refractivity (Wildman–Crippen MR) is 121 cm³/mol. The molecule has 0 heterocycles. The normalized spacial score (nSPS) is 12.7. The molecule has 0 aliphatic rings. The zero-order chi connectivity index (χ0) is 17.0. The van der Waals surface area contributed by atoms with Crippen molar-refractivity contribution in [2.75, 3.05) is 12.8 Å². The number of halogens is 1. The zero-order valence-electron chi connectivity index (χ0n) is 16.3. The fourth-order valence-corrected chi connectivity index (χ4v) is 4.91. The van der Waals surface area contributed by atoms with E-state index in [9.17, 15) is 0 Å². The van der Waals surface area contributed by atoms with Gasteiger partial charge in [-0.3, -0.25) is 0 Å². The lowest BCUT2D eigenvalue weighted by Gasteiger charge is -2.04. The molecular weight excluding hydrogens is 410 g/mol. The van der Waals surface area contributed by atoms with Gasteiger partial charge in [-0.1, -0.05) is 138 Å². The molecule has 0 N–H and O–H groups in total. The summed E-state index contributed by atoms with van der Waals surface area (Å²) in [5.41, 5.74) is 0.325. The summed E-state index contributed by atoms with van der Waals surface area (Å²) in [6.07, 6.45) is 28.1. The molecule has 0 spiro atoms. The summed E-state index contributed by atoms with van der Waals surface area (Å²) in [6, 6.07) is 0. The van der Waals surface area contributed by atoms with Crippen molar-refractivity contribution in [2.24, 2.45) is 0 Å². The monoisotopic (exact) mass is 454 g/mol. The van der Waals surface area contributed by atoms with E-state index in [1.54, 1.807) is 0 Å². The Morgan fingerprint density at radius 3 is 1.00 bits per heavy atom. The van der Waals surface area contributed by atoms with Crippen LogP contribution in [-0.4, -0.2) is 12.8 Å². The number of hydrogen-bond acceptors (Lipinski definition) is 0. The topological polar surface area (TPSA) is 0 Å². The van der Waals surface area contributed by atoms with Crippen molar-refractivity contribution in [3.63, 3.8) is 0 Å². The molecule has 0 saturated heterocycles. The molecule has 0 aliphatic heterocycles. The van der Waals surface area contributed by atoms with E-state index in [2.05, 4.69) is 35.6 Å². The first-order valence-corrected chi connectivity index (χ1v) is 15.4. The average molecular weight is 454 g/mol. The fourth-order valence-electron chi connectivity index (χ4n) is 3.23. The second-order valence-electron chi connectivity index (χ2n) is 7.34. The quantitative estimate of drug-likeness (QED) is 0.104. The summed E-state index contributed by atoms with van der Waals surface area (Å²) in [7, 11) is 0. The van der Waals surface area contributed by atoms with E-state index < -0.39 is 0 Å². The Bertz CT molecular complexity index is 206. The van der Waals surface area contributed by atoms with Gasteiger partial charge >= 0.3 is 0 Å². The molecule has 0 saturated carbocycles. The summed E-state index contributed by atoms with van der Waals surface area (Å²) in [4.78, 5) is 0. The molecule has 1 unspecified atom stereocenters. The Morgan fingerprint density at radius 2 is 0.739 bits per heavy atom. The van der Waals surface area contributed by atoms with E-state index in [0.717, 1.165) is 0 Å². The van der Waals surface area contributed by atoms with Crippen molar-refractivity contribution in [1.82, 2.24) is 0 Å². The van der Waals surface area contributed by atoms with E-state index >= 15 is 0 Å². The lowest BCUT2D eigenvalue weighted by atomic mass is 10.0. The Balaban J connectivity index is 2.95. The van der Waals surface area contributed by atoms with Gasteiger partial charge in [-0.25, -0.2) is 0 Å². The van der Waals surface area contributed by atoms with Crippen LogP contribution in [0, 0.1) is 0 Å². The van der Waals surface area contributed by atoms with Crippen LogP contribution in [0.15, 0.2) is 0 Å². The third-order valence-corrected chi connectivity index (χ3v) is 7.20. The van der Waals surface area contributed by atoms with Gasteiger partial charge in [0, 0.05) is 0 Å². The lowest BCUT2D eigenvalue weighted by Crippen LogP contribution is -1.84. The van der Waals surface area contributed by atoms with Crippen molar-refractivity contribution in [3.05, 3.63) is 0 Å². The lowest BCUT2D eigenvalue weighted by molar-refractivity contribution is 0.526. The average Bonchev–Trinajstić information content (AvgIpc) is 2.53. The minimum absolute atomic E-state index is 0.325. The summed E-state index contributed by atoms with van der Waals surface area (Å²) in [5.74, 6) is 0. The van der Waals surface area contributed by atoms with Crippen LogP contribution in [0.2, 0.25) is 0 Å². The molecule has 0 amide bonds. The maximum atomic E-state index is 2.61. The van der Waals surface area contributed by atoms with Gasteiger partial charge in [0.25, 0.3) is 0 Å². The highest BCUT2D eigenvalue weighted by molar-refractivity contribution is 14.2. The first-order chi connectivity index (χ1) is 11.3. The first-order valence-electron chi connectivity index (χ1n) is 10.6. The maximum Gasteiger partial charge on any atom is -0.0238 e. The third-order valence-electron chi connectivity index (χ3n) is 4.82. The first kappa shape index (κ1) is 24.2. The minimum Gasteiger partial charge on any atom is -0.0654 e. The van der Waals surface area contributed by atoms with Gasteiger partial charge in [0.1, 0.15) is 0 Å². The van der Waals surface area contributed by atoms with Gasteiger partial charge < -0.3 is 0 Å². The van der Waals surface area contributed by atoms with Gasteiger partial charge in [0.2, 0.25) is 0 Å². The Labute approximate surface area is 162 Å². The number of unbranched alkanes of at least 4 members (excludes halogenated alkanes) is 17. The molecule has 2 heteroatoms. The smallest absolute Gasteiger partial charge is 0.0238 e. The molecule has 0 radical (unpaired) electrons. The molecular formula is C21H44IP. The van der Waals surface area contributed by atoms with Crippen LogP contribution >= 0.6 is 27.6 Å². The van der Waals surface area contributed by atoms with Gasteiger partial charge in [0.15, 0.2) is 0 Å². The summed E-state index contributed by atoms with van der Waals surface area (Å²) in [5, 5.41) is 0. The molecule has 0 rings (SSSR count). The van der Waals surface area contributed by atoms with Crippen molar-refractivity contribution in [3.8, 4) is 0 Å². The highest BCUT2D eigenvalue weighted by Crippen LogP contribution is 2.41. The summed E-state index contributed by atoms with van der Waals surface area (Å²) in [6.45, 7) is 4.69. The van der Waals surface area contributed by atoms with Gasteiger partial charge in [-0.05, 0) is 24.8 Å². The van der Waals surface area contributed by atoms with Crippen LogP contribution in [0.1, 0.15) is 122 Å². The van der Waals surface area contributed by atoms with Crippen LogP contribution in [0.4, 0.5) is 0 Å². The molecule has 0 aromatic rings. The van der Waals surface area contributed by atoms with E-state index in [1.165, 1.54) is 122 Å². The van der Waals surface area contributed by atoms with E-state index in [1.807, 2.05) is 0 Å². The van der Waals surface area contributed by atoms with Crippen LogP contribution in [0.5, 0.6) is 0 Å². The second kappa shape index (κ2) is 21.2. The van der Waals surface area contributed by atoms with Crippen molar-refractivity contribution >= 4 is 27.6 Å². The number of hydrogen-bond donors (Lipinski definition) is 0.